The number of hydrogen-bond acceptors (Lipinski definition) is 2. The van der Waals surface area contributed by atoms with Crippen molar-refractivity contribution in [2.24, 2.45) is 23.2 Å². The second-order valence-electron chi connectivity index (χ2n) is 6.16. The van der Waals surface area contributed by atoms with Gasteiger partial charge >= 0.3 is 0 Å². The van der Waals surface area contributed by atoms with Crippen molar-refractivity contribution in [1.29, 1.82) is 0 Å². The van der Waals surface area contributed by atoms with Crippen LogP contribution >= 0.6 is 0 Å². The summed E-state index contributed by atoms with van der Waals surface area (Å²) in [5.41, 5.74) is 1.66. The molecule has 1 unspecified atom stereocenters. The van der Waals surface area contributed by atoms with E-state index >= 15 is 0 Å². The molecule has 0 aromatic carbocycles. The van der Waals surface area contributed by atoms with Crippen LogP contribution in [0.2, 0.25) is 0 Å². The van der Waals surface area contributed by atoms with Crippen LogP contribution in [0.25, 0.3) is 0 Å². The van der Waals surface area contributed by atoms with Crippen LogP contribution in [0.1, 0.15) is 33.1 Å². The maximum absolute atomic E-state index is 12.1. The van der Waals surface area contributed by atoms with Crippen molar-refractivity contribution in [2.45, 2.75) is 39.2 Å². The van der Waals surface area contributed by atoms with Crippen molar-refractivity contribution in [3.05, 3.63) is 23.8 Å². The van der Waals surface area contributed by atoms with Gasteiger partial charge in [-0.05, 0) is 49.7 Å². The van der Waals surface area contributed by atoms with E-state index in [2.05, 4.69) is 13.5 Å². The molecule has 5 atom stereocenters. The molecule has 4 aliphatic rings. The SMILES string of the molecule is C=C1C2C[C@H]3[C@@H](C)CC[C@@]3(C(C)=CC2=O)[C@@H]1O. The molecule has 2 nitrogen and oxygen atoms in total. The number of ketones is 1. The second-order valence-corrected chi connectivity index (χ2v) is 6.16. The summed E-state index contributed by atoms with van der Waals surface area (Å²) in [5.74, 6) is 1.08. The molecule has 2 heteroatoms. The van der Waals surface area contributed by atoms with Gasteiger partial charge in [0.15, 0.2) is 5.78 Å². The third-order valence-electron chi connectivity index (χ3n) is 5.57. The topological polar surface area (TPSA) is 37.3 Å². The van der Waals surface area contributed by atoms with E-state index in [0.717, 1.165) is 30.4 Å². The summed E-state index contributed by atoms with van der Waals surface area (Å²) in [6, 6.07) is 0. The number of allylic oxidation sites excluding steroid dienone is 1. The van der Waals surface area contributed by atoms with Gasteiger partial charge in [0.2, 0.25) is 0 Å². The summed E-state index contributed by atoms with van der Waals surface area (Å²) >= 11 is 0. The molecular weight excluding hydrogens is 212 g/mol. The molecule has 4 rings (SSSR count). The molecule has 0 aromatic rings. The molecule has 1 N–H and O–H groups in total. The molecule has 0 saturated heterocycles. The highest BCUT2D eigenvalue weighted by Crippen LogP contribution is 2.62. The number of rotatable bonds is 0. The Labute approximate surface area is 102 Å². The summed E-state index contributed by atoms with van der Waals surface area (Å²) in [4.78, 5) is 12.1. The normalized spacial score (nSPS) is 49.0. The number of carbonyl (C=O) groups is 1. The average molecular weight is 232 g/mol. The first kappa shape index (κ1) is 11.2. The predicted molar refractivity (Wildman–Crippen MR) is 66.3 cm³/mol. The van der Waals surface area contributed by atoms with Gasteiger partial charge in [0, 0.05) is 11.3 Å². The number of aliphatic hydroxyl groups excluding tert-OH is 1. The Morgan fingerprint density at radius 1 is 1.53 bits per heavy atom. The largest absolute Gasteiger partial charge is 0.388 e. The fourth-order valence-corrected chi connectivity index (χ4v) is 4.52. The Balaban J connectivity index is 2.21. The fraction of sp³-hybridized carbons (Fsp3) is 0.667. The van der Waals surface area contributed by atoms with E-state index in [4.69, 9.17) is 0 Å². The van der Waals surface area contributed by atoms with Crippen LogP contribution in [0.3, 0.4) is 0 Å². The zero-order valence-corrected chi connectivity index (χ0v) is 10.6. The molecule has 0 amide bonds. The molecule has 2 fully saturated rings. The highest BCUT2D eigenvalue weighted by Gasteiger charge is 2.59. The molecule has 0 aromatic heterocycles. The van der Waals surface area contributed by atoms with Gasteiger partial charge in [0.05, 0.1) is 6.10 Å². The van der Waals surface area contributed by atoms with Crippen molar-refractivity contribution in [1.82, 2.24) is 0 Å². The maximum atomic E-state index is 12.1. The highest BCUT2D eigenvalue weighted by atomic mass is 16.3. The molecule has 2 bridgehead atoms. The van der Waals surface area contributed by atoms with Crippen LogP contribution in [0, 0.1) is 23.2 Å². The van der Waals surface area contributed by atoms with E-state index in [1.54, 1.807) is 6.08 Å². The minimum absolute atomic E-state index is 0.138. The molecule has 4 aliphatic carbocycles. The van der Waals surface area contributed by atoms with Gasteiger partial charge in [-0.15, -0.1) is 0 Å². The molecule has 92 valence electrons. The molecule has 0 aliphatic heterocycles. The van der Waals surface area contributed by atoms with Crippen molar-refractivity contribution in [2.75, 3.05) is 0 Å². The smallest absolute Gasteiger partial charge is 0.162 e. The van der Waals surface area contributed by atoms with Crippen molar-refractivity contribution in [3.8, 4) is 0 Å². The maximum Gasteiger partial charge on any atom is 0.162 e. The predicted octanol–water partition coefficient (Wildman–Crippen LogP) is 2.48. The van der Waals surface area contributed by atoms with Crippen molar-refractivity contribution >= 4 is 5.78 Å². The van der Waals surface area contributed by atoms with E-state index in [9.17, 15) is 9.90 Å². The standard InChI is InChI=1S/C15H20O2/c1-8-4-5-15-9(2)6-13(16)11(7-12(8)15)10(3)14(15)17/h6,8,11-12,14,17H,3-5,7H2,1-2H3/t8-,11?,12-,14+,15-/m0/s1. The number of fused-ring (bicyclic) bond motifs is 2. The molecule has 1 spiro atoms. The van der Waals surface area contributed by atoms with Gasteiger partial charge in [0.1, 0.15) is 0 Å². The lowest BCUT2D eigenvalue weighted by Crippen LogP contribution is -2.47. The fourth-order valence-electron chi connectivity index (χ4n) is 4.52. The number of hydrogen-bond donors (Lipinski definition) is 1. The Hall–Kier alpha value is -0.890. The molecule has 0 heterocycles. The van der Waals surface area contributed by atoms with Crippen LogP contribution in [0.5, 0.6) is 0 Å². The molecular formula is C15H20O2. The quantitative estimate of drug-likeness (QED) is 0.651. The van der Waals surface area contributed by atoms with Crippen molar-refractivity contribution in [3.63, 3.8) is 0 Å². The van der Waals surface area contributed by atoms with Crippen LogP contribution in [-0.4, -0.2) is 17.0 Å². The minimum atomic E-state index is -0.515. The molecule has 0 radical (unpaired) electrons. The summed E-state index contributed by atoms with van der Waals surface area (Å²) < 4.78 is 0. The van der Waals surface area contributed by atoms with Crippen LogP contribution in [0.4, 0.5) is 0 Å². The van der Waals surface area contributed by atoms with Crippen molar-refractivity contribution < 1.29 is 9.90 Å². The Morgan fingerprint density at radius 2 is 2.24 bits per heavy atom. The van der Waals surface area contributed by atoms with E-state index in [1.807, 2.05) is 6.92 Å². The molecule has 17 heavy (non-hydrogen) atoms. The lowest BCUT2D eigenvalue weighted by atomic mass is 9.59. The molecule has 2 saturated carbocycles. The zero-order chi connectivity index (χ0) is 12.4. The van der Waals surface area contributed by atoms with Gasteiger partial charge in [-0.25, -0.2) is 0 Å². The van der Waals surface area contributed by atoms with Crippen LogP contribution in [0.15, 0.2) is 23.8 Å². The first-order chi connectivity index (χ1) is 7.98. The van der Waals surface area contributed by atoms with E-state index < -0.39 is 6.10 Å². The first-order valence-corrected chi connectivity index (χ1v) is 6.58. The lowest BCUT2D eigenvalue weighted by molar-refractivity contribution is -0.119. The third-order valence-corrected chi connectivity index (χ3v) is 5.57. The number of carbonyl (C=O) groups excluding carboxylic acids is 1. The van der Waals surface area contributed by atoms with Gasteiger partial charge < -0.3 is 5.11 Å². The summed E-state index contributed by atoms with van der Waals surface area (Å²) in [5, 5.41) is 10.6. The monoisotopic (exact) mass is 232 g/mol. The minimum Gasteiger partial charge on any atom is -0.388 e. The number of aliphatic hydroxyl groups is 1. The van der Waals surface area contributed by atoms with Crippen LogP contribution in [-0.2, 0) is 4.79 Å². The van der Waals surface area contributed by atoms with Gasteiger partial charge in [-0.3, -0.25) is 4.79 Å². The Kier molecular flexibility index (Phi) is 2.19. The Bertz CT molecular complexity index is 434. The first-order valence-electron chi connectivity index (χ1n) is 6.58. The van der Waals surface area contributed by atoms with E-state index in [0.29, 0.717) is 11.8 Å². The summed E-state index contributed by atoms with van der Waals surface area (Å²) in [6.07, 6.45) is 4.31. The van der Waals surface area contributed by atoms with E-state index in [-0.39, 0.29) is 17.1 Å². The van der Waals surface area contributed by atoms with Gasteiger partial charge in [0.25, 0.3) is 0 Å². The lowest BCUT2D eigenvalue weighted by Gasteiger charge is -2.47. The Morgan fingerprint density at radius 3 is 2.94 bits per heavy atom. The third kappa shape index (κ3) is 1.17. The summed E-state index contributed by atoms with van der Waals surface area (Å²) in [7, 11) is 0. The average Bonchev–Trinajstić information content (AvgIpc) is 2.54. The highest BCUT2D eigenvalue weighted by molar-refractivity contribution is 5.96. The van der Waals surface area contributed by atoms with Gasteiger partial charge in [-0.2, -0.15) is 0 Å². The van der Waals surface area contributed by atoms with Crippen LogP contribution < -0.4 is 0 Å². The zero-order valence-electron chi connectivity index (χ0n) is 10.6. The summed E-state index contributed by atoms with van der Waals surface area (Å²) in [6.45, 7) is 8.28. The second kappa shape index (κ2) is 3.32. The van der Waals surface area contributed by atoms with E-state index in [1.165, 1.54) is 0 Å². The van der Waals surface area contributed by atoms with Gasteiger partial charge in [-0.1, -0.05) is 19.1 Å².